The van der Waals surface area contributed by atoms with Crippen LogP contribution in [0.25, 0.3) is 6.08 Å². The second-order valence-electron chi connectivity index (χ2n) is 6.19. The van der Waals surface area contributed by atoms with Crippen LogP contribution in [-0.2, 0) is 16.1 Å². The first-order chi connectivity index (χ1) is 10.9. The van der Waals surface area contributed by atoms with Gasteiger partial charge < -0.3 is 14.0 Å². The fourth-order valence-corrected chi connectivity index (χ4v) is 1.98. The molecule has 5 nitrogen and oxygen atoms in total. The van der Waals surface area contributed by atoms with Gasteiger partial charge in [0.2, 0.25) is 0 Å². The van der Waals surface area contributed by atoms with Crippen LogP contribution in [0.1, 0.15) is 32.0 Å². The van der Waals surface area contributed by atoms with Crippen LogP contribution in [-0.4, -0.2) is 28.2 Å². The monoisotopic (exact) mass is 314 g/mol. The van der Waals surface area contributed by atoms with Gasteiger partial charge in [0.1, 0.15) is 11.4 Å². The highest BCUT2D eigenvalue weighted by Gasteiger charge is 2.13. The number of esters is 1. The third kappa shape index (κ3) is 5.62. The number of methoxy groups -OCH3 is 1. The molecule has 2 rings (SSSR count). The van der Waals surface area contributed by atoms with Gasteiger partial charge in [-0.2, -0.15) is 0 Å². The number of rotatable bonds is 5. The number of hydrogen-bond donors (Lipinski definition) is 0. The minimum atomic E-state index is -0.491. The molecule has 0 atom stereocenters. The molecular weight excluding hydrogens is 292 g/mol. The Kier molecular flexibility index (Phi) is 5.21. The number of aromatic nitrogens is 2. The van der Waals surface area contributed by atoms with Gasteiger partial charge in [-0.15, -0.1) is 0 Å². The average molecular weight is 314 g/mol. The van der Waals surface area contributed by atoms with Crippen molar-refractivity contribution in [3.05, 3.63) is 54.1 Å². The molecule has 2 aromatic rings. The van der Waals surface area contributed by atoms with Crippen molar-refractivity contribution in [3.8, 4) is 5.75 Å². The van der Waals surface area contributed by atoms with Crippen LogP contribution in [0.4, 0.5) is 0 Å². The van der Waals surface area contributed by atoms with Gasteiger partial charge >= 0.3 is 5.97 Å². The SMILES string of the molecule is COc1ccc(Cn2cnc(/C=C/C(=O)OC(C)(C)C)c2)cc1. The van der Waals surface area contributed by atoms with Crippen molar-refractivity contribution in [2.45, 2.75) is 32.9 Å². The lowest BCUT2D eigenvalue weighted by Crippen LogP contribution is -2.22. The summed E-state index contributed by atoms with van der Waals surface area (Å²) in [6.07, 6.45) is 6.66. The van der Waals surface area contributed by atoms with Crippen LogP contribution in [0, 0.1) is 0 Å². The quantitative estimate of drug-likeness (QED) is 0.628. The summed E-state index contributed by atoms with van der Waals surface area (Å²) in [5.74, 6) is 0.461. The number of carbonyl (C=O) groups is 1. The van der Waals surface area contributed by atoms with E-state index < -0.39 is 5.60 Å². The van der Waals surface area contributed by atoms with Crippen molar-refractivity contribution < 1.29 is 14.3 Å². The van der Waals surface area contributed by atoms with E-state index in [-0.39, 0.29) is 5.97 Å². The lowest BCUT2D eigenvalue weighted by atomic mass is 10.2. The zero-order valence-electron chi connectivity index (χ0n) is 13.9. The van der Waals surface area contributed by atoms with Gasteiger partial charge in [0, 0.05) is 18.8 Å². The first-order valence-corrected chi connectivity index (χ1v) is 7.41. The summed E-state index contributed by atoms with van der Waals surface area (Å²) in [4.78, 5) is 15.9. The van der Waals surface area contributed by atoms with Crippen molar-refractivity contribution in [1.29, 1.82) is 0 Å². The summed E-state index contributed by atoms with van der Waals surface area (Å²) < 4.78 is 12.3. The Hall–Kier alpha value is -2.56. The van der Waals surface area contributed by atoms with Gasteiger partial charge in [0.15, 0.2) is 0 Å². The third-order valence-corrected chi connectivity index (χ3v) is 2.97. The molecule has 0 radical (unpaired) electrons. The zero-order chi connectivity index (χ0) is 16.9. The van der Waals surface area contributed by atoms with E-state index in [0.29, 0.717) is 12.2 Å². The van der Waals surface area contributed by atoms with Gasteiger partial charge in [0.25, 0.3) is 0 Å². The summed E-state index contributed by atoms with van der Waals surface area (Å²) in [5.41, 5.74) is 1.37. The van der Waals surface area contributed by atoms with Gasteiger partial charge in [0.05, 0.1) is 19.1 Å². The molecule has 1 aromatic heterocycles. The highest BCUT2D eigenvalue weighted by Crippen LogP contribution is 2.13. The van der Waals surface area contributed by atoms with E-state index in [9.17, 15) is 4.79 Å². The number of nitrogens with zero attached hydrogens (tertiary/aromatic N) is 2. The lowest BCUT2D eigenvalue weighted by Gasteiger charge is -2.17. The number of hydrogen-bond acceptors (Lipinski definition) is 4. The Balaban J connectivity index is 1.96. The van der Waals surface area contributed by atoms with E-state index in [4.69, 9.17) is 9.47 Å². The fourth-order valence-electron chi connectivity index (χ4n) is 1.98. The highest BCUT2D eigenvalue weighted by molar-refractivity contribution is 5.86. The fraction of sp³-hybridized carbons (Fsp3) is 0.333. The average Bonchev–Trinajstić information content (AvgIpc) is 2.92. The van der Waals surface area contributed by atoms with Crippen molar-refractivity contribution in [2.75, 3.05) is 7.11 Å². The van der Waals surface area contributed by atoms with Gasteiger partial charge in [-0.05, 0) is 44.5 Å². The molecule has 0 aliphatic rings. The van der Waals surface area contributed by atoms with Gasteiger partial charge in [-0.3, -0.25) is 0 Å². The molecule has 0 N–H and O–H groups in total. The number of ether oxygens (including phenoxy) is 2. The van der Waals surface area contributed by atoms with Crippen LogP contribution in [0.15, 0.2) is 42.9 Å². The Bertz CT molecular complexity index is 679. The van der Waals surface area contributed by atoms with Crippen LogP contribution >= 0.6 is 0 Å². The normalized spacial score (nSPS) is 11.7. The molecular formula is C18H22N2O3. The zero-order valence-corrected chi connectivity index (χ0v) is 13.9. The molecule has 0 amide bonds. The molecule has 0 unspecified atom stereocenters. The first-order valence-electron chi connectivity index (χ1n) is 7.41. The molecule has 1 heterocycles. The van der Waals surface area contributed by atoms with Crippen LogP contribution in [0.2, 0.25) is 0 Å². The summed E-state index contributed by atoms with van der Waals surface area (Å²) in [6.45, 7) is 6.21. The predicted molar refractivity (Wildman–Crippen MR) is 89.2 cm³/mol. The summed E-state index contributed by atoms with van der Waals surface area (Å²) in [6, 6.07) is 7.87. The van der Waals surface area contributed by atoms with Crippen LogP contribution < -0.4 is 4.74 Å². The molecule has 122 valence electrons. The van der Waals surface area contributed by atoms with Crippen molar-refractivity contribution in [1.82, 2.24) is 9.55 Å². The Morgan fingerprint density at radius 3 is 2.57 bits per heavy atom. The maximum atomic E-state index is 11.6. The summed E-state index contributed by atoms with van der Waals surface area (Å²) in [7, 11) is 1.65. The maximum Gasteiger partial charge on any atom is 0.331 e. The molecule has 1 aromatic carbocycles. The predicted octanol–water partition coefficient (Wildman–Crippen LogP) is 3.29. The van der Waals surface area contributed by atoms with Crippen molar-refractivity contribution >= 4 is 12.0 Å². The number of carbonyl (C=O) groups excluding carboxylic acids is 1. The second kappa shape index (κ2) is 7.13. The van der Waals surface area contributed by atoms with Crippen LogP contribution in [0.5, 0.6) is 5.75 Å². The van der Waals surface area contributed by atoms with E-state index in [1.807, 2.05) is 55.8 Å². The minimum absolute atomic E-state index is 0.373. The highest BCUT2D eigenvalue weighted by atomic mass is 16.6. The molecule has 0 fully saturated rings. The third-order valence-electron chi connectivity index (χ3n) is 2.97. The molecule has 0 bridgehead atoms. The first kappa shape index (κ1) is 16.8. The van der Waals surface area contributed by atoms with E-state index in [2.05, 4.69) is 4.98 Å². The molecule has 0 saturated heterocycles. The maximum absolute atomic E-state index is 11.6. The number of benzene rings is 1. The van der Waals surface area contributed by atoms with E-state index >= 15 is 0 Å². The Labute approximate surface area is 136 Å². The molecule has 23 heavy (non-hydrogen) atoms. The van der Waals surface area contributed by atoms with Crippen molar-refractivity contribution in [3.63, 3.8) is 0 Å². The Morgan fingerprint density at radius 2 is 1.96 bits per heavy atom. The molecule has 0 aliphatic heterocycles. The van der Waals surface area contributed by atoms with Crippen LogP contribution in [0.3, 0.4) is 0 Å². The van der Waals surface area contributed by atoms with Gasteiger partial charge in [-0.1, -0.05) is 12.1 Å². The van der Waals surface area contributed by atoms with Gasteiger partial charge in [-0.25, -0.2) is 9.78 Å². The number of imidazole rings is 1. The standard InChI is InChI=1S/C18H22N2O3/c1-18(2,3)23-17(21)10-7-15-12-20(13-19-15)11-14-5-8-16(22-4)9-6-14/h5-10,12-13H,11H2,1-4H3/b10-7+. The van der Waals surface area contributed by atoms with Crippen molar-refractivity contribution in [2.24, 2.45) is 0 Å². The second-order valence-corrected chi connectivity index (χ2v) is 6.19. The molecule has 0 aliphatic carbocycles. The smallest absolute Gasteiger partial charge is 0.331 e. The lowest BCUT2D eigenvalue weighted by molar-refractivity contribution is -0.148. The van der Waals surface area contributed by atoms with E-state index in [1.54, 1.807) is 19.5 Å². The summed E-state index contributed by atoms with van der Waals surface area (Å²) in [5, 5.41) is 0. The van der Waals surface area contributed by atoms with E-state index in [0.717, 1.165) is 11.3 Å². The largest absolute Gasteiger partial charge is 0.497 e. The molecule has 5 heteroatoms. The topological polar surface area (TPSA) is 53.4 Å². The molecule has 0 spiro atoms. The summed E-state index contributed by atoms with van der Waals surface area (Å²) >= 11 is 0. The van der Waals surface area contributed by atoms with E-state index in [1.165, 1.54) is 6.08 Å². The Morgan fingerprint density at radius 1 is 1.26 bits per heavy atom. The molecule has 0 saturated carbocycles. The minimum Gasteiger partial charge on any atom is -0.497 e.